The molecule has 0 spiro atoms. The summed E-state index contributed by atoms with van der Waals surface area (Å²) in [5.41, 5.74) is 0.775. The third-order valence-electron chi connectivity index (χ3n) is 3.75. The Kier molecular flexibility index (Phi) is 3.44. The summed E-state index contributed by atoms with van der Waals surface area (Å²) in [5, 5.41) is 10.1. The molecule has 1 saturated heterocycles. The Balaban J connectivity index is 1.88. The third kappa shape index (κ3) is 2.53. The van der Waals surface area contributed by atoms with Gasteiger partial charge < -0.3 is 10.0 Å². The lowest BCUT2D eigenvalue weighted by atomic mass is 10.1. The maximum Gasteiger partial charge on any atom is 0.407 e. The monoisotopic (exact) mass is 309 g/mol. The molecule has 0 aliphatic carbocycles. The van der Waals surface area contributed by atoms with Gasteiger partial charge in [0.25, 0.3) is 0 Å². The van der Waals surface area contributed by atoms with E-state index in [2.05, 4.69) is 9.88 Å². The molecule has 7 heteroatoms. The number of nitrogens with zero attached hydrogens (tertiary/aromatic N) is 3. The molecule has 2 atom stereocenters. The van der Waals surface area contributed by atoms with E-state index in [4.69, 9.17) is 0 Å². The van der Waals surface area contributed by atoms with Gasteiger partial charge in [-0.3, -0.25) is 4.90 Å². The summed E-state index contributed by atoms with van der Waals surface area (Å²) in [7, 11) is 0. The number of rotatable bonds is 1. The van der Waals surface area contributed by atoms with E-state index in [9.17, 15) is 14.3 Å². The van der Waals surface area contributed by atoms with Crippen molar-refractivity contribution in [1.29, 1.82) is 0 Å². The fourth-order valence-electron chi connectivity index (χ4n) is 2.88. The first-order valence-corrected chi connectivity index (χ1v) is 7.59. The second-order valence-electron chi connectivity index (χ2n) is 5.40. The maximum absolute atomic E-state index is 13.2. The van der Waals surface area contributed by atoms with Crippen molar-refractivity contribution in [3.63, 3.8) is 0 Å². The largest absolute Gasteiger partial charge is 0.465 e. The molecule has 1 aromatic carbocycles. The molecule has 1 aliphatic heterocycles. The van der Waals surface area contributed by atoms with Gasteiger partial charge in [0.1, 0.15) is 5.82 Å². The van der Waals surface area contributed by atoms with Crippen molar-refractivity contribution in [2.45, 2.75) is 25.9 Å². The fraction of sp³-hybridized carbons (Fsp3) is 0.429. The molecular formula is C14H16FN3O2S. The molecule has 2 heterocycles. The highest BCUT2D eigenvalue weighted by molar-refractivity contribution is 7.22. The van der Waals surface area contributed by atoms with Crippen LogP contribution in [-0.2, 0) is 0 Å². The van der Waals surface area contributed by atoms with Crippen LogP contribution in [0.4, 0.5) is 14.3 Å². The van der Waals surface area contributed by atoms with E-state index in [-0.39, 0.29) is 17.9 Å². The van der Waals surface area contributed by atoms with Gasteiger partial charge in [-0.2, -0.15) is 0 Å². The maximum atomic E-state index is 13.2. The predicted octanol–water partition coefficient (Wildman–Crippen LogP) is 3.01. The molecular weight excluding hydrogens is 293 g/mol. The van der Waals surface area contributed by atoms with Crippen LogP contribution in [0.2, 0.25) is 0 Å². The average molecular weight is 309 g/mol. The third-order valence-corrected chi connectivity index (χ3v) is 4.83. The summed E-state index contributed by atoms with van der Waals surface area (Å²) in [6.07, 6.45) is -0.888. The molecule has 2 aromatic rings. The van der Waals surface area contributed by atoms with Crippen molar-refractivity contribution in [2.24, 2.45) is 0 Å². The highest BCUT2D eigenvalue weighted by Gasteiger charge is 2.33. The Hall–Kier alpha value is -1.89. The van der Waals surface area contributed by atoms with Crippen LogP contribution in [0.5, 0.6) is 0 Å². The van der Waals surface area contributed by atoms with E-state index in [1.165, 1.54) is 28.4 Å². The van der Waals surface area contributed by atoms with Crippen LogP contribution >= 0.6 is 11.3 Å². The second-order valence-corrected chi connectivity index (χ2v) is 6.41. The molecule has 5 nitrogen and oxygen atoms in total. The van der Waals surface area contributed by atoms with Gasteiger partial charge in [-0.05, 0) is 32.0 Å². The molecule has 0 radical (unpaired) electrons. The predicted molar refractivity (Wildman–Crippen MR) is 80.6 cm³/mol. The minimum Gasteiger partial charge on any atom is -0.465 e. The van der Waals surface area contributed by atoms with Crippen molar-refractivity contribution in [1.82, 2.24) is 9.88 Å². The highest BCUT2D eigenvalue weighted by Crippen LogP contribution is 2.31. The van der Waals surface area contributed by atoms with E-state index in [0.717, 1.165) is 15.3 Å². The number of amides is 1. The van der Waals surface area contributed by atoms with Crippen molar-refractivity contribution >= 4 is 32.8 Å². The SMILES string of the molecule is C[C@@H]1CN(c2nc3ccc(F)cc3s2)C[C@@H](C)N1C(=O)O. The number of benzene rings is 1. The zero-order chi connectivity index (χ0) is 15.1. The fourth-order valence-corrected chi connectivity index (χ4v) is 3.89. The normalized spacial score (nSPS) is 22.8. The van der Waals surface area contributed by atoms with Gasteiger partial charge in [0.05, 0.1) is 22.3 Å². The lowest BCUT2D eigenvalue weighted by Gasteiger charge is -2.42. The number of halogens is 1. The quantitative estimate of drug-likeness (QED) is 0.880. The summed E-state index contributed by atoms with van der Waals surface area (Å²) < 4.78 is 14.1. The second kappa shape index (κ2) is 5.14. The van der Waals surface area contributed by atoms with E-state index in [1.54, 1.807) is 6.07 Å². The standard InChI is InChI=1S/C14H16FN3O2S/c1-8-6-17(7-9(2)18(8)14(19)20)13-16-11-4-3-10(15)5-12(11)21-13/h3-5,8-9H,6-7H2,1-2H3,(H,19,20)/t8-,9-/m1/s1. The molecule has 112 valence electrons. The number of aromatic nitrogens is 1. The van der Waals surface area contributed by atoms with Gasteiger partial charge in [-0.15, -0.1) is 0 Å². The minimum atomic E-state index is -0.888. The number of hydrogen-bond donors (Lipinski definition) is 1. The van der Waals surface area contributed by atoms with Gasteiger partial charge >= 0.3 is 6.09 Å². The molecule has 0 unspecified atom stereocenters. The molecule has 21 heavy (non-hydrogen) atoms. The van der Waals surface area contributed by atoms with Gasteiger partial charge in [-0.1, -0.05) is 11.3 Å². The van der Waals surface area contributed by atoms with Crippen LogP contribution in [0.1, 0.15) is 13.8 Å². The van der Waals surface area contributed by atoms with Gasteiger partial charge in [0.2, 0.25) is 0 Å². The number of anilines is 1. The Morgan fingerprint density at radius 1 is 1.38 bits per heavy atom. The number of carbonyl (C=O) groups is 1. The van der Waals surface area contributed by atoms with Crippen LogP contribution in [0.3, 0.4) is 0 Å². The average Bonchev–Trinajstić information content (AvgIpc) is 2.80. The molecule has 1 aromatic heterocycles. The molecule has 1 N–H and O–H groups in total. The molecule has 1 fully saturated rings. The Bertz CT molecular complexity index is 678. The Morgan fingerprint density at radius 3 is 2.67 bits per heavy atom. The summed E-state index contributed by atoms with van der Waals surface area (Å²) in [4.78, 5) is 19.3. The number of piperazine rings is 1. The molecule has 1 amide bonds. The Labute approximate surface area is 125 Å². The van der Waals surface area contributed by atoms with Crippen molar-refractivity contribution in [3.8, 4) is 0 Å². The van der Waals surface area contributed by atoms with Crippen LogP contribution in [0.15, 0.2) is 18.2 Å². The number of thiazole rings is 1. The van der Waals surface area contributed by atoms with E-state index in [0.29, 0.717) is 13.1 Å². The van der Waals surface area contributed by atoms with Crippen molar-refractivity contribution < 1.29 is 14.3 Å². The lowest BCUT2D eigenvalue weighted by molar-refractivity contribution is 0.0982. The van der Waals surface area contributed by atoms with Gasteiger partial charge in [0, 0.05) is 13.1 Å². The topological polar surface area (TPSA) is 56.7 Å². The van der Waals surface area contributed by atoms with Crippen LogP contribution in [0, 0.1) is 5.82 Å². The zero-order valence-corrected chi connectivity index (χ0v) is 12.6. The lowest BCUT2D eigenvalue weighted by Crippen LogP contribution is -2.58. The summed E-state index contributed by atoms with van der Waals surface area (Å²) >= 11 is 1.44. The van der Waals surface area contributed by atoms with Gasteiger partial charge in [-0.25, -0.2) is 14.2 Å². The molecule has 1 aliphatic rings. The first-order valence-electron chi connectivity index (χ1n) is 6.78. The van der Waals surface area contributed by atoms with Crippen LogP contribution in [0.25, 0.3) is 10.2 Å². The summed E-state index contributed by atoms with van der Waals surface area (Å²) in [6.45, 7) is 4.98. The van der Waals surface area contributed by atoms with Crippen LogP contribution < -0.4 is 4.90 Å². The van der Waals surface area contributed by atoms with Gasteiger partial charge in [0.15, 0.2) is 5.13 Å². The first-order chi connectivity index (χ1) is 9.95. The molecule has 0 saturated carbocycles. The number of fused-ring (bicyclic) bond motifs is 1. The number of hydrogen-bond acceptors (Lipinski definition) is 4. The minimum absolute atomic E-state index is 0.102. The van der Waals surface area contributed by atoms with E-state index >= 15 is 0 Å². The first kappa shape index (κ1) is 14.1. The molecule has 0 bridgehead atoms. The summed E-state index contributed by atoms with van der Waals surface area (Å²) in [6, 6.07) is 4.35. The molecule has 3 rings (SSSR count). The highest BCUT2D eigenvalue weighted by atomic mass is 32.1. The van der Waals surface area contributed by atoms with Crippen molar-refractivity contribution in [3.05, 3.63) is 24.0 Å². The van der Waals surface area contributed by atoms with Crippen LogP contribution in [-0.4, -0.2) is 46.3 Å². The number of carboxylic acid groups (broad SMARTS) is 1. The zero-order valence-electron chi connectivity index (χ0n) is 11.8. The summed E-state index contributed by atoms with van der Waals surface area (Å²) in [5.74, 6) is -0.268. The van der Waals surface area contributed by atoms with E-state index < -0.39 is 6.09 Å². The Morgan fingerprint density at radius 2 is 2.05 bits per heavy atom. The smallest absolute Gasteiger partial charge is 0.407 e. The van der Waals surface area contributed by atoms with Crippen molar-refractivity contribution in [2.75, 3.05) is 18.0 Å². The van der Waals surface area contributed by atoms with E-state index in [1.807, 2.05) is 13.8 Å².